The van der Waals surface area contributed by atoms with E-state index in [2.05, 4.69) is 65.8 Å². The highest BCUT2D eigenvalue weighted by atomic mass is 32.2. The van der Waals surface area contributed by atoms with E-state index < -0.39 is 0 Å². The number of rotatable bonds is 3. The maximum atomic E-state index is 4.23. The second kappa shape index (κ2) is 6.19. The highest BCUT2D eigenvalue weighted by Crippen LogP contribution is 2.37. The molecule has 23 heavy (non-hydrogen) atoms. The summed E-state index contributed by atoms with van der Waals surface area (Å²) in [6, 6.07) is 19.5. The van der Waals surface area contributed by atoms with Gasteiger partial charge in [-0.1, -0.05) is 41.6 Å². The highest BCUT2D eigenvalue weighted by Gasteiger charge is 2.08. The van der Waals surface area contributed by atoms with Gasteiger partial charge in [0.25, 0.3) is 0 Å². The van der Waals surface area contributed by atoms with Crippen molar-refractivity contribution in [3.8, 4) is 11.1 Å². The van der Waals surface area contributed by atoms with E-state index >= 15 is 0 Å². The van der Waals surface area contributed by atoms with Gasteiger partial charge >= 0.3 is 0 Å². The van der Waals surface area contributed by atoms with Gasteiger partial charge in [-0.05, 0) is 42.6 Å². The molecule has 1 nitrogen and oxygen atoms in total. The number of nitrogens with zero attached hydrogens (tertiary/aromatic N) is 1. The van der Waals surface area contributed by atoms with Gasteiger partial charge < -0.3 is 0 Å². The van der Waals surface area contributed by atoms with Crippen molar-refractivity contribution < 1.29 is 0 Å². The van der Waals surface area contributed by atoms with Crippen LogP contribution in [0.2, 0.25) is 0 Å². The van der Waals surface area contributed by atoms with Crippen LogP contribution in [-0.4, -0.2) is 4.98 Å². The third kappa shape index (κ3) is 3.03. The van der Waals surface area contributed by atoms with Crippen molar-refractivity contribution in [1.29, 1.82) is 0 Å². The summed E-state index contributed by atoms with van der Waals surface area (Å²) in [5.41, 5.74) is 3.74. The van der Waals surface area contributed by atoms with Crippen LogP contribution in [0.5, 0.6) is 0 Å². The van der Waals surface area contributed by atoms with Crippen LogP contribution < -0.4 is 0 Å². The Hall–Kier alpha value is -2.10. The van der Waals surface area contributed by atoms with Crippen LogP contribution in [0.25, 0.3) is 21.2 Å². The Morgan fingerprint density at radius 2 is 1.78 bits per heavy atom. The molecular formula is C20H15NS2. The zero-order chi connectivity index (χ0) is 15.6. The minimum Gasteiger partial charge on any atom is -0.264 e. The quantitative estimate of drug-likeness (QED) is 0.429. The van der Waals surface area contributed by atoms with Crippen molar-refractivity contribution in [2.24, 2.45) is 0 Å². The van der Waals surface area contributed by atoms with Crippen LogP contribution in [0.3, 0.4) is 0 Å². The minimum absolute atomic E-state index is 1.18. The van der Waals surface area contributed by atoms with E-state index in [4.69, 9.17) is 0 Å². The average molecular weight is 333 g/mol. The normalized spacial score (nSPS) is 11.0. The molecule has 2 aromatic heterocycles. The largest absolute Gasteiger partial charge is 0.264 e. The SMILES string of the molecule is Cc1ccc(Sc2ccc3c(-c4cccnc4)csc3c2)cc1. The molecule has 0 aliphatic carbocycles. The number of thiophene rings is 1. The molecule has 0 N–H and O–H groups in total. The zero-order valence-corrected chi connectivity index (χ0v) is 14.3. The summed E-state index contributed by atoms with van der Waals surface area (Å²) < 4.78 is 1.32. The lowest BCUT2D eigenvalue weighted by molar-refractivity contribution is 1.33. The molecule has 0 fully saturated rings. The molecule has 0 aliphatic rings. The first-order valence-electron chi connectivity index (χ1n) is 7.46. The van der Waals surface area contributed by atoms with E-state index in [0.29, 0.717) is 0 Å². The van der Waals surface area contributed by atoms with Gasteiger partial charge in [-0.15, -0.1) is 11.3 Å². The Kier molecular flexibility index (Phi) is 3.90. The molecule has 3 heteroatoms. The molecule has 4 rings (SSSR count). The fraction of sp³-hybridized carbons (Fsp3) is 0.0500. The standard InChI is InChI=1S/C20H15NS2/c1-14-4-6-16(7-5-14)23-17-8-9-18-19(13-22-20(18)11-17)15-3-2-10-21-12-15/h2-13H,1H3. The van der Waals surface area contributed by atoms with Gasteiger partial charge in [0.1, 0.15) is 0 Å². The van der Waals surface area contributed by atoms with Crippen molar-refractivity contribution in [3.63, 3.8) is 0 Å². The third-order valence-electron chi connectivity index (χ3n) is 3.78. The van der Waals surface area contributed by atoms with Crippen molar-refractivity contribution >= 4 is 33.2 Å². The smallest absolute Gasteiger partial charge is 0.0360 e. The van der Waals surface area contributed by atoms with Crippen LogP contribution in [-0.2, 0) is 0 Å². The second-order valence-electron chi connectivity index (χ2n) is 5.46. The molecule has 0 radical (unpaired) electrons. The van der Waals surface area contributed by atoms with Crippen LogP contribution in [0, 0.1) is 6.92 Å². The number of hydrogen-bond donors (Lipinski definition) is 0. The Bertz CT molecular complexity index is 940. The average Bonchev–Trinajstić information content (AvgIpc) is 3.01. The lowest BCUT2D eigenvalue weighted by atomic mass is 10.1. The summed E-state index contributed by atoms with van der Waals surface area (Å²) in [5, 5.41) is 3.53. The molecule has 2 heterocycles. The van der Waals surface area contributed by atoms with E-state index in [9.17, 15) is 0 Å². The van der Waals surface area contributed by atoms with Crippen LogP contribution in [0.1, 0.15) is 5.56 Å². The Morgan fingerprint density at radius 3 is 2.57 bits per heavy atom. The molecule has 2 aromatic carbocycles. The molecule has 112 valence electrons. The van der Waals surface area contributed by atoms with Gasteiger partial charge in [0.15, 0.2) is 0 Å². The number of aryl methyl sites for hydroxylation is 1. The zero-order valence-electron chi connectivity index (χ0n) is 12.7. The fourth-order valence-electron chi connectivity index (χ4n) is 2.56. The van der Waals surface area contributed by atoms with E-state index in [0.717, 1.165) is 0 Å². The molecule has 4 aromatic rings. The molecule has 0 saturated heterocycles. The van der Waals surface area contributed by atoms with E-state index in [-0.39, 0.29) is 0 Å². The maximum absolute atomic E-state index is 4.23. The molecule has 0 amide bonds. The Labute approximate surface area is 144 Å². The topological polar surface area (TPSA) is 12.9 Å². The van der Waals surface area contributed by atoms with E-state index in [1.807, 2.05) is 30.2 Å². The van der Waals surface area contributed by atoms with Gasteiger partial charge in [0, 0.05) is 43.4 Å². The van der Waals surface area contributed by atoms with Crippen molar-refractivity contribution in [1.82, 2.24) is 4.98 Å². The molecule has 0 bridgehead atoms. The maximum Gasteiger partial charge on any atom is 0.0360 e. The molecule has 0 aliphatic heterocycles. The van der Waals surface area contributed by atoms with Gasteiger partial charge in [0.05, 0.1) is 0 Å². The summed E-state index contributed by atoms with van der Waals surface area (Å²) in [6.07, 6.45) is 3.74. The van der Waals surface area contributed by atoms with Crippen molar-refractivity contribution in [2.75, 3.05) is 0 Å². The third-order valence-corrected chi connectivity index (χ3v) is 5.72. The summed E-state index contributed by atoms with van der Waals surface area (Å²) in [4.78, 5) is 6.78. The lowest BCUT2D eigenvalue weighted by Crippen LogP contribution is -1.78. The summed E-state index contributed by atoms with van der Waals surface area (Å²) in [5.74, 6) is 0. The predicted molar refractivity (Wildman–Crippen MR) is 100 cm³/mol. The fourth-order valence-corrected chi connectivity index (χ4v) is 4.50. The first-order chi connectivity index (χ1) is 11.3. The number of pyridine rings is 1. The number of fused-ring (bicyclic) bond motifs is 1. The summed E-state index contributed by atoms with van der Waals surface area (Å²) >= 11 is 3.61. The number of hydrogen-bond acceptors (Lipinski definition) is 3. The molecule has 0 atom stereocenters. The van der Waals surface area contributed by atoms with E-state index in [1.54, 1.807) is 11.3 Å². The van der Waals surface area contributed by atoms with Crippen LogP contribution in [0.4, 0.5) is 0 Å². The van der Waals surface area contributed by atoms with Gasteiger partial charge in [-0.25, -0.2) is 0 Å². The number of benzene rings is 2. The van der Waals surface area contributed by atoms with Gasteiger partial charge in [-0.2, -0.15) is 0 Å². The molecule has 0 unspecified atom stereocenters. The number of aromatic nitrogens is 1. The molecule has 0 saturated carbocycles. The minimum atomic E-state index is 1.18. The molecule has 0 spiro atoms. The van der Waals surface area contributed by atoms with Crippen LogP contribution in [0.15, 0.2) is 82.2 Å². The van der Waals surface area contributed by atoms with E-state index in [1.165, 1.54) is 36.6 Å². The first-order valence-corrected chi connectivity index (χ1v) is 9.15. The Morgan fingerprint density at radius 1 is 0.957 bits per heavy atom. The molecular weight excluding hydrogens is 318 g/mol. The highest BCUT2D eigenvalue weighted by molar-refractivity contribution is 7.99. The predicted octanol–water partition coefficient (Wildman–Crippen LogP) is 6.42. The van der Waals surface area contributed by atoms with Crippen LogP contribution >= 0.6 is 23.1 Å². The monoisotopic (exact) mass is 333 g/mol. The van der Waals surface area contributed by atoms with Gasteiger partial charge in [-0.3, -0.25) is 4.98 Å². The lowest BCUT2D eigenvalue weighted by Gasteiger charge is -2.04. The summed E-state index contributed by atoms with van der Waals surface area (Å²) in [6.45, 7) is 2.12. The second-order valence-corrected chi connectivity index (χ2v) is 7.52. The Balaban J connectivity index is 1.68. The first kappa shape index (κ1) is 14.5. The van der Waals surface area contributed by atoms with Crippen molar-refractivity contribution in [2.45, 2.75) is 16.7 Å². The van der Waals surface area contributed by atoms with Gasteiger partial charge in [0.2, 0.25) is 0 Å². The summed E-state index contributed by atoms with van der Waals surface area (Å²) in [7, 11) is 0. The van der Waals surface area contributed by atoms with Crippen molar-refractivity contribution in [3.05, 3.63) is 77.9 Å².